The van der Waals surface area contributed by atoms with E-state index in [-0.39, 0.29) is 6.04 Å². The van der Waals surface area contributed by atoms with Gasteiger partial charge in [-0.3, -0.25) is 0 Å². The summed E-state index contributed by atoms with van der Waals surface area (Å²) in [6.45, 7) is 0.520. The summed E-state index contributed by atoms with van der Waals surface area (Å²) in [5, 5.41) is 0. The Hall–Kier alpha value is -0.510. The van der Waals surface area contributed by atoms with E-state index in [1.165, 1.54) is 34.6 Å². The molecule has 0 aromatic heterocycles. The Morgan fingerprint density at radius 1 is 1.43 bits per heavy atom. The molecule has 76 valence electrons. The van der Waals surface area contributed by atoms with E-state index in [0.717, 1.165) is 0 Å². The molecule has 0 bridgehead atoms. The highest BCUT2D eigenvalue weighted by Crippen LogP contribution is 2.31. The van der Waals surface area contributed by atoms with Gasteiger partial charge >= 0.3 is 0 Å². The first-order valence-electron chi connectivity index (χ1n) is 5.02. The third kappa shape index (κ3) is 1.95. The third-order valence-corrected chi connectivity index (χ3v) is 3.82. The average molecular weight is 208 g/mol. The minimum absolute atomic E-state index is 0.00720. The largest absolute Gasteiger partial charge is 0.329 e. The van der Waals surface area contributed by atoms with E-state index < -0.39 is 0 Å². The lowest BCUT2D eigenvalue weighted by atomic mass is 10.0. The number of benzene rings is 1. The van der Waals surface area contributed by atoms with Crippen molar-refractivity contribution in [2.45, 2.75) is 23.8 Å². The van der Waals surface area contributed by atoms with Crippen LogP contribution in [0.2, 0.25) is 0 Å². The molecule has 1 aliphatic heterocycles. The van der Waals surface area contributed by atoms with Crippen molar-refractivity contribution in [1.29, 1.82) is 0 Å². The molecule has 0 fully saturated rings. The van der Waals surface area contributed by atoms with Crippen molar-refractivity contribution in [3.8, 4) is 0 Å². The number of fused-ring (bicyclic) bond motifs is 1. The zero-order chi connectivity index (χ0) is 9.97. The van der Waals surface area contributed by atoms with Gasteiger partial charge in [-0.1, -0.05) is 12.1 Å². The van der Waals surface area contributed by atoms with E-state index >= 15 is 0 Å². The van der Waals surface area contributed by atoms with Crippen molar-refractivity contribution >= 4 is 11.8 Å². The molecule has 1 heterocycles. The Balaban J connectivity index is 2.29. The molecule has 1 aromatic rings. The topological polar surface area (TPSA) is 52.0 Å². The van der Waals surface area contributed by atoms with Crippen molar-refractivity contribution in [1.82, 2.24) is 0 Å². The molecule has 3 heteroatoms. The smallest absolute Gasteiger partial charge is 0.0419 e. The SMILES string of the molecule is NCC(N)c1ccc2c(c1)CCCS2. The second-order valence-corrected chi connectivity index (χ2v) is 4.80. The van der Waals surface area contributed by atoms with Crippen molar-refractivity contribution in [3.63, 3.8) is 0 Å². The van der Waals surface area contributed by atoms with Crippen LogP contribution in [-0.4, -0.2) is 12.3 Å². The molecular formula is C11H16N2S. The highest BCUT2D eigenvalue weighted by Gasteiger charge is 2.11. The maximum absolute atomic E-state index is 5.90. The van der Waals surface area contributed by atoms with Crippen LogP contribution in [0.1, 0.15) is 23.6 Å². The van der Waals surface area contributed by atoms with Crippen LogP contribution in [0.25, 0.3) is 0 Å². The summed E-state index contributed by atoms with van der Waals surface area (Å²) in [4.78, 5) is 1.42. The summed E-state index contributed by atoms with van der Waals surface area (Å²) < 4.78 is 0. The van der Waals surface area contributed by atoms with Gasteiger partial charge in [0.1, 0.15) is 0 Å². The number of hydrogen-bond donors (Lipinski definition) is 2. The number of rotatable bonds is 2. The molecule has 1 aromatic carbocycles. The van der Waals surface area contributed by atoms with Crippen LogP contribution in [0, 0.1) is 0 Å². The zero-order valence-electron chi connectivity index (χ0n) is 8.20. The van der Waals surface area contributed by atoms with Crippen LogP contribution >= 0.6 is 11.8 Å². The maximum Gasteiger partial charge on any atom is 0.0419 e. The van der Waals surface area contributed by atoms with E-state index in [1.54, 1.807) is 0 Å². The minimum atomic E-state index is -0.00720. The molecule has 0 saturated heterocycles. The van der Waals surface area contributed by atoms with Crippen LogP contribution in [0.15, 0.2) is 23.1 Å². The molecule has 2 rings (SSSR count). The monoisotopic (exact) mass is 208 g/mol. The predicted octanol–water partition coefficient (Wildman–Crippen LogP) is 1.68. The number of hydrogen-bond acceptors (Lipinski definition) is 3. The molecule has 1 aliphatic rings. The summed E-state index contributed by atoms with van der Waals surface area (Å²) in [6, 6.07) is 6.50. The van der Waals surface area contributed by atoms with Gasteiger partial charge in [0.2, 0.25) is 0 Å². The first kappa shape index (κ1) is 10.0. The number of thioether (sulfide) groups is 1. The minimum Gasteiger partial charge on any atom is -0.329 e. The van der Waals surface area contributed by atoms with Gasteiger partial charge in [0.15, 0.2) is 0 Å². The highest BCUT2D eigenvalue weighted by molar-refractivity contribution is 7.99. The van der Waals surface area contributed by atoms with E-state index in [4.69, 9.17) is 11.5 Å². The van der Waals surface area contributed by atoms with E-state index in [0.29, 0.717) is 6.54 Å². The van der Waals surface area contributed by atoms with Crippen molar-refractivity contribution in [2.75, 3.05) is 12.3 Å². The molecule has 0 spiro atoms. The molecule has 1 atom stereocenters. The third-order valence-electron chi connectivity index (χ3n) is 2.61. The van der Waals surface area contributed by atoms with Crippen LogP contribution < -0.4 is 11.5 Å². The second-order valence-electron chi connectivity index (χ2n) is 3.66. The Kier molecular flexibility index (Phi) is 3.11. The highest BCUT2D eigenvalue weighted by atomic mass is 32.2. The molecule has 4 N–H and O–H groups in total. The number of nitrogens with two attached hydrogens (primary N) is 2. The quantitative estimate of drug-likeness (QED) is 0.777. The molecule has 0 amide bonds. The van der Waals surface area contributed by atoms with Crippen molar-refractivity contribution in [2.24, 2.45) is 11.5 Å². The first-order valence-corrected chi connectivity index (χ1v) is 6.01. The molecule has 0 radical (unpaired) electrons. The zero-order valence-corrected chi connectivity index (χ0v) is 9.02. The summed E-state index contributed by atoms with van der Waals surface area (Å²) in [7, 11) is 0. The van der Waals surface area contributed by atoms with Gasteiger partial charge < -0.3 is 11.5 Å². The van der Waals surface area contributed by atoms with Gasteiger partial charge in [0.05, 0.1) is 0 Å². The fourth-order valence-electron chi connectivity index (χ4n) is 1.75. The van der Waals surface area contributed by atoms with Crippen LogP contribution in [0.5, 0.6) is 0 Å². The van der Waals surface area contributed by atoms with E-state index in [9.17, 15) is 0 Å². The van der Waals surface area contributed by atoms with Gasteiger partial charge in [-0.15, -0.1) is 11.8 Å². The van der Waals surface area contributed by atoms with E-state index in [1.807, 2.05) is 11.8 Å². The summed E-state index contributed by atoms with van der Waals surface area (Å²) in [5.41, 5.74) is 14.1. The van der Waals surface area contributed by atoms with Crippen LogP contribution in [-0.2, 0) is 6.42 Å². The van der Waals surface area contributed by atoms with E-state index in [2.05, 4.69) is 18.2 Å². The summed E-state index contributed by atoms with van der Waals surface area (Å²) >= 11 is 1.94. The van der Waals surface area contributed by atoms with Gasteiger partial charge in [-0.2, -0.15) is 0 Å². The predicted molar refractivity (Wildman–Crippen MR) is 61.5 cm³/mol. The number of aryl methyl sites for hydroxylation is 1. The average Bonchev–Trinajstić information content (AvgIpc) is 2.27. The van der Waals surface area contributed by atoms with Crippen LogP contribution in [0.4, 0.5) is 0 Å². The molecule has 1 unspecified atom stereocenters. The lowest BCUT2D eigenvalue weighted by molar-refractivity contribution is 0.732. The Bertz CT molecular complexity index is 325. The van der Waals surface area contributed by atoms with Gasteiger partial charge in [-0.05, 0) is 35.8 Å². The van der Waals surface area contributed by atoms with Crippen LogP contribution in [0.3, 0.4) is 0 Å². The Morgan fingerprint density at radius 3 is 3.07 bits per heavy atom. The van der Waals surface area contributed by atoms with Crippen molar-refractivity contribution < 1.29 is 0 Å². The molecular weight excluding hydrogens is 192 g/mol. The lowest BCUT2D eigenvalue weighted by Crippen LogP contribution is -2.21. The summed E-state index contributed by atoms with van der Waals surface area (Å²) in [6.07, 6.45) is 2.46. The molecule has 14 heavy (non-hydrogen) atoms. The molecule has 0 aliphatic carbocycles. The molecule has 2 nitrogen and oxygen atoms in total. The fourth-order valence-corrected chi connectivity index (χ4v) is 2.77. The molecule has 0 saturated carbocycles. The Morgan fingerprint density at radius 2 is 2.29 bits per heavy atom. The fraction of sp³-hybridized carbons (Fsp3) is 0.455. The Labute approximate surface area is 89.1 Å². The van der Waals surface area contributed by atoms with Gasteiger partial charge in [0.25, 0.3) is 0 Å². The normalized spacial score (nSPS) is 17.6. The summed E-state index contributed by atoms with van der Waals surface area (Å²) in [5.74, 6) is 1.25. The maximum atomic E-state index is 5.90. The van der Waals surface area contributed by atoms with Crippen molar-refractivity contribution in [3.05, 3.63) is 29.3 Å². The standard InChI is InChI=1S/C11H16N2S/c12-7-10(13)8-3-4-11-9(6-8)2-1-5-14-11/h3-4,6,10H,1-2,5,7,12-13H2. The van der Waals surface area contributed by atoms with Gasteiger partial charge in [0, 0.05) is 17.5 Å². The second kappa shape index (κ2) is 4.34. The van der Waals surface area contributed by atoms with Gasteiger partial charge in [-0.25, -0.2) is 0 Å². The lowest BCUT2D eigenvalue weighted by Gasteiger charge is -2.17. The first-order chi connectivity index (χ1) is 6.81.